The predicted molar refractivity (Wildman–Crippen MR) is 281 cm³/mol. The van der Waals surface area contributed by atoms with Crippen molar-refractivity contribution in [2.45, 2.75) is 67.7 Å². The Morgan fingerprint density at radius 2 is 1.16 bits per heavy atom. The van der Waals surface area contributed by atoms with Gasteiger partial charge in [0.15, 0.2) is 0 Å². The molecule has 337 valence electrons. The molecular formula is C63H53IrN3O-2. The van der Waals surface area contributed by atoms with Gasteiger partial charge in [-0.25, -0.2) is 4.98 Å². The van der Waals surface area contributed by atoms with E-state index in [0.717, 1.165) is 72.2 Å². The molecule has 0 bridgehead atoms. The average molecular weight is 1060 g/mol. The Kier molecular flexibility index (Phi) is 12.6. The second kappa shape index (κ2) is 18.6. The Balaban J connectivity index is 0.000000220. The number of rotatable bonds is 5. The number of hydrogen-bond donors (Lipinski definition) is 0. The summed E-state index contributed by atoms with van der Waals surface area (Å²) in [4.78, 5) is 14.3. The molecule has 4 aromatic heterocycles. The minimum Gasteiger partial charge on any atom is -0.498 e. The van der Waals surface area contributed by atoms with Crippen molar-refractivity contribution in [3.63, 3.8) is 0 Å². The van der Waals surface area contributed by atoms with Crippen molar-refractivity contribution in [1.29, 1.82) is 0 Å². The van der Waals surface area contributed by atoms with Crippen molar-refractivity contribution in [3.8, 4) is 55.9 Å². The van der Waals surface area contributed by atoms with E-state index in [1.165, 1.54) is 66.4 Å². The van der Waals surface area contributed by atoms with Gasteiger partial charge in [0.25, 0.3) is 0 Å². The van der Waals surface area contributed by atoms with Gasteiger partial charge in [-0.3, -0.25) is 0 Å². The Morgan fingerprint density at radius 1 is 0.500 bits per heavy atom. The van der Waals surface area contributed by atoms with Crippen LogP contribution in [0.2, 0.25) is 0 Å². The quantitative estimate of drug-likeness (QED) is 0.161. The van der Waals surface area contributed by atoms with Crippen molar-refractivity contribution in [2.75, 3.05) is 0 Å². The van der Waals surface area contributed by atoms with E-state index in [1.807, 2.05) is 37.5 Å². The Morgan fingerprint density at radius 3 is 1.90 bits per heavy atom. The summed E-state index contributed by atoms with van der Waals surface area (Å²) in [6, 6.07) is 58.6. The first kappa shape index (κ1) is 46.1. The molecule has 7 aromatic carbocycles. The zero-order valence-electron chi connectivity index (χ0n) is 40.1. The molecule has 0 saturated heterocycles. The molecule has 4 heterocycles. The van der Waals surface area contributed by atoms with Gasteiger partial charge in [0.1, 0.15) is 11.1 Å². The molecule has 0 aliphatic rings. The molecule has 0 N–H and O–H groups in total. The summed E-state index contributed by atoms with van der Waals surface area (Å²) >= 11 is 0. The van der Waals surface area contributed by atoms with E-state index in [2.05, 4.69) is 200 Å². The molecule has 0 aliphatic heterocycles. The van der Waals surface area contributed by atoms with E-state index in [-0.39, 0.29) is 25.5 Å². The summed E-state index contributed by atoms with van der Waals surface area (Å²) in [5.74, 6) is 0. The van der Waals surface area contributed by atoms with Crippen LogP contribution in [0.1, 0.15) is 59.8 Å². The van der Waals surface area contributed by atoms with E-state index >= 15 is 0 Å². The van der Waals surface area contributed by atoms with Crippen molar-refractivity contribution >= 4 is 43.6 Å². The summed E-state index contributed by atoms with van der Waals surface area (Å²) < 4.78 is 6.60. The Bertz CT molecular complexity index is 3670. The maximum atomic E-state index is 6.60. The van der Waals surface area contributed by atoms with Crippen molar-refractivity contribution < 1.29 is 24.5 Å². The number of aryl methyl sites for hydroxylation is 6. The Labute approximate surface area is 413 Å². The third-order valence-electron chi connectivity index (χ3n) is 13.1. The van der Waals surface area contributed by atoms with Gasteiger partial charge in [0.2, 0.25) is 0 Å². The zero-order valence-corrected chi connectivity index (χ0v) is 42.5. The van der Waals surface area contributed by atoms with Gasteiger partial charge in [-0.2, -0.15) is 0 Å². The van der Waals surface area contributed by atoms with Crippen molar-refractivity contribution in [1.82, 2.24) is 15.0 Å². The largest absolute Gasteiger partial charge is 0.498 e. The molecule has 11 aromatic rings. The molecule has 0 spiro atoms. The van der Waals surface area contributed by atoms with Crippen LogP contribution in [0, 0.1) is 53.7 Å². The minimum atomic E-state index is 0. The van der Waals surface area contributed by atoms with Gasteiger partial charge >= 0.3 is 0 Å². The first-order chi connectivity index (χ1) is 32.3. The monoisotopic (exact) mass is 1060 g/mol. The third kappa shape index (κ3) is 8.93. The molecule has 0 aliphatic carbocycles. The molecule has 0 amide bonds. The first-order valence-electron chi connectivity index (χ1n) is 23.1. The van der Waals surface area contributed by atoms with Gasteiger partial charge in [-0.1, -0.05) is 136 Å². The molecule has 0 unspecified atom stereocenters. The van der Waals surface area contributed by atoms with Crippen LogP contribution in [-0.4, -0.2) is 15.0 Å². The maximum Gasteiger partial charge on any atom is 0.147 e. The molecule has 0 saturated carbocycles. The number of pyridine rings is 3. The van der Waals surface area contributed by atoms with E-state index in [9.17, 15) is 0 Å². The molecule has 0 fully saturated rings. The van der Waals surface area contributed by atoms with Crippen LogP contribution in [-0.2, 0) is 25.5 Å². The maximum absolute atomic E-state index is 6.60. The minimum absolute atomic E-state index is 0. The van der Waals surface area contributed by atoms with Crippen molar-refractivity contribution in [3.05, 3.63) is 209 Å². The number of fused-ring (bicyclic) bond motifs is 6. The SMILES string of the molecule is Cc1c[c-]c(-c2cc(-c3ccccc3C)c(C)cn2)cc1.Cc1ccc2ccc3c4cc[c-]c(-c5cc(-c6cc7ccc(-c8ccc(C(C)(C)C)cc8)cc7cc6C)c(C)cn5)c4oc3c2n1.[Ir]. The third-order valence-corrected chi connectivity index (χ3v) is 13.1. The fourth-order valence-corrected chi connectivity index (χ4v) is 9.16. The van der Waals surface area contributed by atoms with Crippen LogP contribution in [0.5, 0.6) is 0 Å². The second-order valence-electron chi connectivity index (χ2n) is 19.1. The smallest absolute Gasteiger partial charge is 0.147 e. The second-order valence-corrected chi connectivity index (χ2v) is 19.1. The molecule has 4 nitrogen and oxygen atoms in total. The molecule has 5 heteroatoms. The number of furan rings is 1. The van der Waals surface area contributed by atoms with Crippen LogP contribution in [0.25, 0.3) is 99.5 Å². The van der Waals surface area contributed by atoms with E-state index in [0.29, 0.717) is 0 Å². The van der Waals surface area contributed by atoms with Gasteiger partial charge in [-0.15, -0.1) is 53.6 Å². The molecule has 1 radical (unpaired) electrons. The average Bonchev–Trinajstić information content (AvgIpc) is 3.72. The molecule has 11 rings (SSSR count). The molecule has 0 atom stereocenters. The predicted octanol–water partition coefficient (Wildman–Crippen LogP) is 16.8. The number of nitrogens with zero attached hydrogens (tertiary/aromatic N) is 3. The summed E-state index contributed by atoms with van der Waals surface area (Å²) in [5.41, 5.74) is 22.0. The van der Waals surface area contributed by atoms with Gasteiger partial charge < -0.3 is 14.4 Å². The number of hydrogen-bond acceptors (Lipinski definition) is 4. The van der Waals surface area contributed by atoms with E-state index in [1.54, 1.807) is 0 Å². The van der Waals surface area contributed by atoms with E-state index < -0.39 is 0 Å². The number of benzene rings is 7. The van der Waals surface area contributed by atoms with Crippen LogP contribution >= 0.6 is 0 Å². The summed E-state index contributed by atoms with van der Waals surface area (Å²) in [6.07, 6.45) is 3.92. The van der Waals surface area contributed by atoms with Crippen LogP contribution < -0.4 is 0 Å². The van der Waals surface area contributed by atoms with Crippen molar-refractivity contribution in [2.24, 2.45) is 0 Å². The summed E-state index contributed by atoms with van der Waals surface area (Å²) in [5, 5.41) is 5.62. The number of aromatic nitrogens is 3. The van der Waals surface area contributed by atoms with E-state index in [4.69, 9.17) is 14.4 Å². The van der Waals surface area contributed by atoms with Gasteiger partial charge in [-0.05, 0) is 142 Å². The fraction of sp³-hybridized carbons (Fsp3) is 0.159. The fourth-order valence-electron chi connectivity index (χ4n) is 9.16. The topological polar surface area (TPSA) is 51.8 Å². The standard InChI is InChI=1S/C43H35N2O.C20H18N.Ir/c1-25-20-32-21-30(28-14-17-33(18-15-28)43(4,5)6)12-13-31(32)22-37(25)38-23-39(44-24-26(38)2)36-9-7-8-34-35-19-16-29-11-10-27(3)45-40(29)42(35)46-41(34)36;1-14-8-10-17(11-9-14)20-12-19(16(3)13-21-20)18-7-5-4-6-15(18)2;/h7-8,10-24H,1-6H3;4-10,12-13H,1-3H3;/q2*-1;. The van der Waals surface area contributed by atoms with Crippen LogP contribution in [0.15, 0.2) is 162 Å². The summed E-state index contributed by atoms with van der Waals surface area (Å²) in [6.45, 7) is 19.4. The summed E-state index contributed by atoms with van der Waals surface area (Å²) in [7, 11) is 0. The molecule has 68 heavy (non-hydrogen) atoms. The first-order valence-corrected chi connectivity index (χ1v) is 23.1. The Hall–Kier alpha value is -7.04. The van der Waals surface area contributed by atoms with Crippen LogP contribution in [0.4, 0.5) is 0 Å². The normalized spacial score (nSPS) is 11.5. The van der Waals surface area contributed by atoms with Gasteiger partial charge in [0, 0.05) is 49.0 Å². The molecular weight excluding hydrogens is 1010 g/mol. The van der Waals surface area contributed by atoms with Gasteiger partial charge in [0.05, 0.1) is 5.58 Å². The van der Waals surface area contributed by atoms with Crippen LogP contribution in [0.3, 0.4) is 0 Å². The zero-order chi connectivity index (χ0) is 46.6.